The minimum atomic E-state index is -5.33. The molecule has 2 fully saturated rings. The topological polar surface area (TPSA) is 276 Å². The molecule has 0 saturated carbocycles. The van der Waals surface area contributed by atoms with Gasteiger partial charge in [0, 0.05) is 0 Å². The van der Waals surface area contributed by atoms with Crippen LogP contribution in [0.25, 0.3) is 0 Å². The molecule has 2 heterocycles. The molecular weight excluding hydrogens is 480 g/mol. The summed E-state index contributed by atoms with van der Waals surface area (Å²) in [5.74, 6) is 0. The lowest BCUT2D eigenvalue weighted by molar-refractivity contribution is -0.287. The minimum Gasteiger partial charge on any atom is -0.394 e. The van der Waals surface area contributed by atoms with Gasteiger partial charge in [-0.2, -0.15) is 16.8 Å². The molecule has 2 saturated heterocycles. The lowest BCUT2D eigenvalue weighted by atomic mass is 9.99. The molecule has 0 amide bonds. The van der Waals surface area contributed by atoms with Crippen molar-refractivity contribution in [3.63, 3.8) is 0 Å². The van der Waals surface area contributed by atoms with E-state index in [0.717, 1.165) is 0 Å². The van der Waals surface area contributed by atoms with Gasteiger partial charge in [-0.15, -0.1) is 0 Å². The first kappa shape index (κ1) is 26.6. The molecule has 2 aliphatic heterocycles. The maximum absolute atomic E-state index is 12.2. The maximum Gasteiger partial charge on any atom is 0.402 e. The van der Waals surface area contributed by atoms with E-state index < -0.39 is 95.4 Å². The highest BCUT2D eigenvalue weighted by molar-refractivity contribution is 7.82. The van der Waals surface area contributed by atoms with Crippen LogP contribution < -0.4 is 0 Å². The highest BCUT2D eigenvalue weighted by atomic mass is 32.3. The molecule has 10 atom stereocenters. The van der Waals surface area contributed by atoms with Crippen molar-refractivity contribution >= 4 is 20.8 Å². The van der Waals surface area contributed by atoms with E-state index in [1.807, 2.05) is 0 Å². The summed E-state index contributed by atoms with van der Waals surface area (Å²) in [6.07, 6.45) is -20.7. The summed E-state index contributed by atoms with van der Waals surface area (Å²) in [5.41, 5.74) is 0. The van der Waals surface area contributed by atoms with Crippen molar-refractivity contribution < 1.29 is 79.2 Å². The summed E-state index contributed by atoms with van der Waals surface area (Å²) in [6.45, 7) is -1.94. The van der Waals surface area contributed by atoms with Gasteiger partial charge in [0.05, 0.1) is 13.2 Å². The van der Waals surface area contributed by atoms with E-state index in [9.17, 15) is 47.5 Å². The summed E-state index contributed by atoms with van der Waals surface area (Å²) in [6, 6.07) is 0. The summed E-state index contributed by atoms with van der Waals surface area (Å²) < 4.78 is 77.4. The van der Waals surface area contributed by atoms with Gasteiger partial charge in [0.15, 0.2) is 6.29 Å². The first-order valence-corrected chi connectivity index (χ1v) is 11.1. The van der Waals surface area contributed by atoms with Crippen molar-refractivity contribution in [2.24, 2.45) is 0 Å². The lowest BCUT2D eigenvalue weighted by Gasteiger charge is -2.41. The largest absolute Gasteiger partial charge is 0.402 e. The average Bonchev–Trinajstić information content (AvgIpc) is 2.66. The Kier molecular flexibility index (Phi) is 8.68. The van der Waals surface area contributed by atoms with Crippen LogP contribution in [0, 0.1) is 0 Å². The van der Waals surface area contributed by atoms with E-state index in [2.05, 4.69) is 17.3 Å². The second kappa shape index (κ2) is 10.1. The fraction of sp³-hybridized carbons (Fsp3) is 1.00. The molecule has 184 valence electrons. The van der Waals surface area contributed by atoms with Crippen LogP contribution in [0.2, 0.25) is 0 Å². The van der Waals surface area contributed by atoms with Crippen LogP contribution in [-0.2, 0) is 42.8 Å². The molecule has 0 radical (unpaired) electrons. The van der Waals surface area contributed by atoms with Crippen LogP contribution in [0.15, 0.2) is 0 Å². The van der Waals surface area contributed by atoms with Gasteiger partial charge in [0.25, 0.3) is 0 Å². The molecule has 0 bridgehead atoms. The molecule has 0 unspecified atom stereocenters. The van der Waals surface area contributed by atoms with Crippen molar-refractivity contribution in [3.8, 4) is 0 Å². The van der Waals surface area contributed by atoms with E-state index in [-0.39, 0.29) is 0 Å². The van der Waals surface area contributed by atoms with Gasteiger partial charge in [0.2, 0.25) is 6.29 Å². The standard InChI is InChI=1S/C12H22O17S2/c13-1-3-5(15)9(7(17)11(19)25-3)28-31(23,24)29-12-8(18)10(27-30(20,21)22)6(16)4(2-14)26-12/h3-19H,1-2H2,(H,20,21,22)/t3-,4-,5+,6+,7-,8-,9+,10+,11-,12+/m1/s1. The third kappa shape index (κ3) is 6.46. The van der Waals surface area contributed by atoms with Crippen molar-refractivity contribution in [2.45, 2.75) is 61.4 Å². The van der Waals surface area contributed by atoms with Crippen molar-refractivity contribution in [1.29, 1.82) is 0 Å². The molecule has 2 aliphatic rings. The molecule has 0 spiro atoms. The Morgan fingerprint density at radius 3 is 1.65 bits per heavy atom. The number of ether oxygens (including phenoxy) is 2. The van der Waals surface area contributed by atoms with Crippen LogP contribution in [-0.4, -0.2) is 132 Å². The highest BCUT2D eigenvalue weighted by Crippen LogP contribution is 2.29. The number of rotatable bonds is 8. The van der Waals surface area contributed by atoms with Gasteiger partial charge in [0.1, 0.15) is 48.8 Å². The second-order valence-corrected chi connectivity index (χ2v) is 8.74. The molecule has 8 N–H and O–H groups in total. The van der Waals surface area contributed by atoms with Crippen LogP contribution in [0.3, 0.4) is 0 Å². The molecule has 0 aliphatic carbocycles. The van der Waals surface area contributed by atoms with E-state index in [1.165, 1.54) is 0 Å². The summed E-state index contributed by atoms with van der Waals surface area (Å²) in [7, 11) is -10.6. The molecule has 0 aromatic carbocycles. The molecular formula is C12H22O17S2. The Morgan fingerprint density at radius 1 is 0.677 bits per heavy atom. The van der Waals surface area contributed by atoms with Gasteiger partial charge in [-0.25, -0.2) is 12.5 Å². The lowest BCUT2D eigenvalue weighted by Crippen LogP contribution is -2.62. The van der Waals surface area contributed by atoms with E-state index in [4.69, 9.17) is 14.4 Å². The van der Waals surface area contributed by atoms with Gasteiger partial charge in [-0.05, 0) is 0 Å². The minimum absolute atomic E-state index is 0.902. The first-order chi connectivity index (χ1) is 14.2. The predicted molar refractivity (Wildman–Crippen MR) is 89.0 cm³/mol. The predicted octanol–water partition coefficient (Wildman–Crippen LogP) is -6.31. The Hall–Kier alpha value is -0.620. The van der Waals surface area contributed by atoms with Gasteiger partial charge in [-0.3, -0.25) is 4.55 Å². The monoisotopic (exact) mass is 502 g/mol. The van der Waals surface area contributed by atoms with Crippen LogP contribution in [0.5, 0.6) is 0 Å². The quantitative estimate of drug-likeness (QED) is 0.143. The molecule has 0 aromatic heterocycles. The summed E-state index contributed by atoms with van der Waals surface area (Å²) in [5, 5.41) is 67.5. The third-order valence-electron chi connectivity index (χ3n) is 4.34. The van der Waals surface area contributed by atoms with Crippen molar-refractivity contribution in [3.05, 3.63) is 0 Å². The fourth-order valence-corrected chi connectivity index (χ4v) is 4.29. The van der Waals surface area contributed by atoms with E-state index >= 15 is 0 Å². The van der Waals surface area contributed by atoms with Crippen molar-refractivity contribution in [1.82, 2.24) is 0 Å². The van der Waals surface area contributed by atoms with Crippen molar-refractivity contribution in [2.75, 3.05) is 13.2 Å². The zero-order valence-corrected chi connectivity index (χ0v) is 16.9. The van der Waals surface area contributed by atoms with Crippen LogP contribution in [0.4, 0.5) is 0 Å². The van der Waals surface area contributed by atoms with Crippen LogP contribution >= 0.6 is 0 Å². The van der Waals surface area contributed by atoms with Gasteiger partial charge in [-0.1, -0.05) is 0 Å². The number of aliphatic hydroxyl groups excluding tert-OH is 7. The molecule has 0 aromatic rings. The second-order valence-electron chi connectivity index (χ2n) is 6.49. The molecule has 31 heavy (non-hydrogen) atoms. The van der Waals surface area contributed by atoms with Crippen LogP contribution in [0.1, 0.15) is 0 Å². The Labute approximate surface area is 175 Å². The Bertz CT molecular complexity index is 800. The molecule has 17 nitrogen and oxygen atoms in total. The highest BCUT2D eigenvalue weighted by Gasteiger charge is 2.51. The zero-order valence-electron chi connectivity index (χ0n) is 15.3. The Balaban J connectivity index is 2.20. The van der Waals surface area contributed by atoms with Gasteiger partial charge < -0.3 is 45.2 Å². The normalized spacial score (nSPS) is 42.5. The smallest absolute Gasteiger partial charge is 0.394 e. The first-order valence-electron chi connectivity index (χ1n) is 8.41. The molecule has 19 heteroatoms. The number of hydrogen-bond acceptors (Lipinski definition) is 16. The number of hydrogen-bond donors (Lipinski definition) is 8. The summed E-state index contributed by atoms with van der Waals surface area (Å²) in [4.78, 5) is 0. The summed E-state index contributed by atoms with van der Waals surface area (Å²) >= 11 is 0. The SMILES string of the molecule is O=S(=O)(O)O[C@H]1[C@@H](O)[C@@H](CO)O[C@@H](OS(=O)(=O)O[C@@H]2[C@@H](O)[C@H](O)O[C@H](CO)[C@@H]2O)[C@@H]1O. The maximum atomic E-state index is 12.2. The number of aliphatic hydroxyl groups is 7. The fourth-order valence-electron chi connectivity index (χ4n) is 2.84. The van der Waals surface area contributed by atoms with Gasteiger partial charge >= 0.3 is 20.8 Å². The molecule has 2 rings (SSSR count). The average molecular weight is 502 g/mol. The third-order valence-corrected chi connectivity index (χ3v) is 5.69. The van der Waals surface area contributed by atoms with E-state index in [1.54, 1.807) is 0 Å². The Morgan fingerprint density at radius 2 is 1.16 bits per heavy atom. The van der Waals surface area contributed by atoms with E-state index in [0.29, 0.717) is 0 Å². The zero-order chi connectivity index (χ0) is 23.7.